The zero-order valence-corrected chi connectivity index (χ0v) is 25.8. The van der Waals surface area contributed by atoms with Gasteiger partial charge in [0.2, 0.25) is 21.8 Å². The fraction of sp³-hybridized carbons (Fsp3) is 0.310. The minimum Gasteiger partial charge on any atom is -0.350 e. The first kappa shape index (κ1) is 31.7. The number of halogens is 3. The molecular formula is C29H32Cl3N3O4S. The molecule has 0 aliphatic rings. The van der Waals surface area contributed by atoms with Crippen molar-refractivity contribution >= 4 is 62.3 Å². The highest BCUT2D eigenvalue weighted by molar-refractivity contribution is 7.92. The molecule has 0 aromatic heterocycles. The van der Waals surface area contributed by atoms with Gasteiger partial charge in [0, 0.05) is 28.5 Å². The van der Waals surface area contributed by atoms with Crippen LogP contribution in [0.4, 0.5) is 5.69 Å². The molecule has 0 heterocycles. The lowest BCUT2D eigenvalue weighted by atomic mass is 10.0. The molecule has 0 saturated heterocycles. The van der Waals surface area contributed by atoms with Crippen LogP contribution in [0.2, 0.25) is 15.1 Å². The zero-order chi connectivity index (χ0) is 29.7. The Morgan fingerprint density at radius 1 is 0.875 bits per heavy atom. The minimum absolute atomic E-state index is 0.0143. The SMILES string of the molecule is CC(C)(C)NC(=O)C(Cc1ccccc1)N(Cc1cccc(Cl)c1)C(=O)CN(c1ccc(Cl)cc1Cl)S(C)(=O)=O. The Morgan fingerprint density at radius 2 is 1.50 bits per heavy atom. The summed E-state index contributed by atoms with van der Waals surface area (Å²) in [6.07, 6.45) is 1.19. The van der Waals surface area contributed by atoms with E-state index in [4.69, 9.17) is 34.8 Å². The molecular weight excluding hydrogens is 593 g/mol. The predicted octanol–water partition coefficient (Wildman–Crippen LogP) is 5.97. The smallest absolute Gasteiger partial charge is 0.244 e. The Labute approximate surface area is 251 Å². The van der Waals surface area contributed by atoms with Gasteiger partial charge in [-0.05, 0) is 62.2 Å². The van der Waals surface area contributed by atoms with E-state index in [0.29, 0.717) is 15.6 Å². The number of hydrogen-bond acceptors (Lipinski definition) is 4. The normalized spacial score (nSPS) is 12.5. The van der Waals surface area contributed by atoms with E-state index in [-0.39, 0.29) is 29.6 Å². The van der Waals surface area contributed by atoms with Crippen molar-refractivity contribution < 1.29 is 18.0 Å². The predicted molar refractivity (Wildman–Crippen MR) is 162 cm³/mol. The molecule has 0 radical (unpaired) electrons. The molecule has 3 aromatic rings. The third-order valence-electron chi connectivity index (χ3n) is 5.87. The van der Waals surface area contributed by atoms with Crippen LogP contribution in [0, 0.1) is 0 Å². The number of rotatable bonds is 10. The summed E-state index contributed by atoms with van der Waals surface area (Å²) in [5.74, 6) is -0.969. The topological polar surface area (TPSA) is 86.8 Å². The summed E-state index contributed by atoms with van der Waals surface area (Å²) in [5.41, 5.74) is 1.04. The van der Waals surface area contributed by atoms with Crippen molar-refractivity contribution in [3.63, 3.8) is 0 Å². The Kier molecular flexibility index (Phi) is 10.5. The maximum absolute atomic E-state index is 14.1. The number of sulfonamides is 1. The molecule has 2 amide bonds. The van der Waals surface area contributed by atoms with Crippen LogP contribution in [0.1, 0.15) is 31.9 Å². The highest BCUT2D eigenvalue weighted by Crippen LogP contribution is 2.31. The lowest BCUT2D eigenvalue weighted by Crippen LogP contribution is -2.56. The first-order valence-electron chi connectivity index (χ1n) is 12.5. The van der Waals surface area contributed by atoms with Crippen molar-refractivity contribution in [3.05, 3.63) is 99.0 Å². The molecule has 0 aliphatic carbocycles. The maximum Gasteiger partial charge on any atom is 0.244 e. The molecule has 0 bridgehead atoms. The molecule has 11 heteroatoms. The number of carbonyl (C=O) groups is 2. The summed E-state index contributed by atoms with van der Waals surface area (Å²) in [7, 11) is -3.96. The van der Waals surface area contributed by atoms with Crippen molar-refractivity contribution in [3.8, 4) is 0 Å². The zero-order valence-electron chi connectivity index (χ0n) is 22.7. The van der Waals surface area contributed by atoms with Crippen LogP contribution in [0.3, 0.4) is 0 Å². The lowest BCUT2D eigenvalue weighted by molar-refractivity contribution is -0.140. The lowest BCUT2D eigenvalue weighted by Gasteiger charge is -2.35. The van der Waals surface area contributed by atoms with Crippen LogP contribution in [0.5, 0.6) is 0 Å². The van der Waals surface area contributed by atoms with Gasteiger partial charge >= 0.3 is 0 Å². The second-order valence-corrected chi connectivity index (χ2v) is 13.6. The van der Waals surface area contributed by atoms with Crippen molar-refractivity contribution in [1.82, 2.24) is 10.2 Å². The molecule has 40 heavy (non-hydrogen) atoms. The standard InChI is InChI=1S/C29H32Cl3N3O4S/c1-29(2,3)33-28(37)26(16-20-9-6-5-7-10-20)34(18-21-11-8-12-22(30)15-21)27(36)19-35(40(4,38)39)25-14-13-23(31)17-24(25)32/h5-15,17,26H,16,18-19H2,1-4H3,(H,33,37). The van der Waals surface area contributed by atoms with Gasteiger partial charge in [-0.15, -0.1) is 0 Å². The van der Waals surface area contributed by atoms with Gasteiger partial charge in [-0.3, -0.25) is 13.9 Å². The molecule has 0 aliphatic heterocycles. The summed E-state index contributed by atoms with van der Waals surface area (Å²) in [5, 5.41) is 3.83. The molecule has 1 atom stereocenters. The number of amides is 2. The van der Waals surface area contributed by atoms with Crippen molar-refractivity contribution in [2.75, 3.05) is 17.1 Å². The highest BCUT2D eigenvalue weighted by atomic mass is 35.5. The van der Waals surface area contributed by atoms with Crippen LogP contribution in [0.25, 0.3) is 0 Å². The molecule has 7 nitrogen and oxygen atoms in total. The Morgan fingerprint density at radius 3 is 2.08 bits per heavy atom. The second-order valence-electron chi connectivity index (χ2n) is 10.5. The number of nitrogens with one attached hydrogen (secondary N) is 1. The maximum atomic E-state index is 14.1. The van der Waals surface area contributed by atoms with Crippen LogP contribution < -0.4 is 9.62 Å². The van der Waals surface area contributed by atoms with Gasteiger partial charge in [0.25, 0.3) is 0 Å². The molecule has 1 N–H and O–H groups in total. The highest BCUT2D eigenvalue weighted by Gasteiger charge is 2.34. The first-order valence-corrected chi connectivity index (χ1v) is 15.4. The van der Waals surface area contributed by atoms with Crippen molar-refractivity contribution in [1.29, 1.82) is 0 Å². The molecule has 3 aromatic carbocycles. The molecule has 1 unspecified atom stereocenters. The van der Waals surface area contributed by atoms with Crippen LogP contribution in [-0.4, -0.2) is 49.5 Å². The van der Waals surface area contributed by atoms with Crippen LogP contribution in [-0.2, 0) is 32.6 Å². The van der Waals surface area contributed by atoms with Gasteiger partial charge in [0.05, 0.1) is 17.0 Å². The van der Waals surface area contributed by atoms with Gasteiger partial charge in [-0.1, -0.05) is 77.3 Å². The van der Waals surface area contributed by atoms with E-state index in [1.807, 2.05) is 51.1 Å². The van der Waals surface area contributed by atoms with E-state index in [9.17, 15) is 18.0 Å². The Hall–Kier alpha value is -2.78. The molecule has 214 valence electrons. The number of hydrogen-bond donors (Lipinski definition) is 1. The van der Waals surface area contributed by atoms with Gasteiger partial charge in [-0.2, -0.15) is 0 Å². The van der Waals surface area contributed by atoms with Gasteiger partial charge in [0.15, 0.2) is 0 Å². The minimum atomic E-state index is -3.96. The monoisotopic (exact) mass is 623 g/mol. The third kappa shape index (κ3) is 9.13. The molecule has 0 spiro atoms. The number of nitrogens with zero attached hydrogens (tertiary/aromatic N) is 2. The van der Waals surface area contributed by atoms with E-state index in [1.54, 1.807) is 24.3 Å². The third-order valence-corrected chi connectivity index (χ3v) is 7.77. The van der Waals surface area contributed by atoms with Crippen LogP contribution in [0.15, 0.2) is 72.8 Å². The summed E-state index contributed by atoms with van der Waals surface area (Å²) in [4.78, 5) is 29.2. The summed E-state index contributed by atoms with van der Waals surface area (Å²) in [6, 6.07) is 19.6. The van der Waals surface area contributed by atoms with E-state index in [1.165, 1.54) is 23.1 Å². The molecule has 0 fully saturated rings. The summed E-state index contributed by atoms with van der Waals surface area (Å²) >= 11 is 18.6. The number of anilines is 1. The van der Waals surface area contributed by atoms with Crippen molar-refractivity contribution in [2.24, 2.45) is 0 Å². The van der Waals surface area contributed by atoms with E-state index >= 15 is 0 Å². The van der Waals surface area contributed by atoms with E-state index < -0.39 is 34.1 Å². The Bertz CT molecular complexity index is 1460. The fourth-order valence-electron chi connectivity index (χ4n) is 4.12. The first-order chi connectivity index (χ1) is 18.6. The average Bonchev–Trinajstić information content (AvgIpc) is 2.84. The second kappa shape index (κ2) is 13.3. The van der Waals surface area contributed by atoms with Crippen molar-refractivity contribution in [2.45, 2.75) is 45.3 Å². The summed E-state index contributed by atoms with van der Waals surface area (Å²) in [6.45, 7) is 4.97. The quantitative estimate of drug-likeness (QED) is 0.301. The van der Waals surface area contributed by atoms with Gasteiger partial charge in [0.1, 0.15) is 12.6 Å². The van der Waals surface area contributed by atoms with Gasteiger partial charge in [-0.25, -0.2) is 8.42 Å². The van der Waals surface area contributed by atoms with E-state index in [2.05, 4.69) is 5.32 Å². The number of benzene rings is 3. The summed E-state index contributed by atoms with van der Waals surface area (Å²) < 4.78 is 26.7. The van der Waals surface area contributed by atoms with Gasteiger partial charge < -0.3 is 10.2 Å². The largest absolute Gasteiger partial charge is 0.350 e. The average molecular weight is 625 g/mol. The number of carbonyl (C=O) groups excluding carboxylic acids is 2. The fourth-order valence-corrected chi connectivity index (χ4v) is 5.75. The molecule has 0 saturated carbocycles. The molecule has 3 rings (SSSR count). The van der Waals surface area contributed by atoms with Crippen LogP contribution >= 0.6 is 34.8 Å². The van der Waals surface area contributed by atoms with E-state index in [0.717, 1.165) is 16.1 Å². The Balaban J connectivity index is 2.09.